The molecule has 132 valence electrons. The van der Waals surface area contributed by atoms with E-state index in [0.717, 1.165) is 5.56 Å². The number of ether oxygens (including phenoxy) is 1. The molecule has 0 spiro atoms. The van der Waals surface area contributed by atoms with Gasteiger partial charge < -0.3 is 15.2 Å². The number of carboxylic acids is 1. The molecule has 2 aromatic carbocycles. The van der Waals surface area contributed by atoms with Gasteiger partial charge in [0, 0.05) is 17.1 Å². The van der Waals surface area contributed by atoms with Crippen molar-refractivity contribution in [1.29, 1.82) is 0 Å². The summed E-state index contributed by atoms with van der Waals surface area (Å²) in [5, 5.41) is 12.0. The van der Waals surface area contributed by atoms with Gasteiger partial charge in [-0.3, -0.25) is 9.59 Å². The number of hydrogen-bond donors (Lipinski definition) is 2. The monoisotopic (exact) mass is 361 g/mol. The lowest BCUT2D eigenvalue weighted by Crippen LogP contribution is -2.42. The average molecular weight is 362 g/mol. The van der Waals surface area contributed by atoms with Crippen LogP contribution in [0.3, 0.4) is 0 Å². The molecular formula is C19H20ClNO4. The van der Waals surface area contributed by atoms with E-state index in [1.54, 1.807) is 62.4 Å². The van der Waals surface area contributed by atoms with Gasteiger partial charge in [-0.15, -0.1) is 0 Å². The Morgan fingerprint density at radius 2 is 1.84 bits per heavy atom. The Morgan fingerprint density at radius 3 is 2.44 bits per heavy atom. The molecule has 0 radical (unpaired) electrons. The maximum atomic E-state index is 12.5. The number of aliphatic carboxylic acids is 1. The van der Waals surface area contributed by atoms with Crippen molar-refractivity contribution in [3.8, 4) is 5.75 Å². The molecular weight excluding hydrogens is 342 g/mol. The number of amides is 1. The third kappa shape index (κ3) is 5.80. The maximum absolute atomic E-state index is 12.5. The van der Waals surface area contributed by atoms with Crippen LogP contribution in [0.4, 0.5) is 5.69 Å². The number of nitrogens with one attached hydrogen (secondary N) is 1. The molecule has 0 aliphatic carbocycles. The van der Waals surface area contributed by atoms with Gasteiger partial charge in [0.05, 0.1) is 0 Å². The Balaban J connectivity index is 1.98. The largest absolute Gasteiger partial charge is 0.481 e. The van der Waals surface area contributed by atoms with Crippen LogP contribution in [-0.4, -0.2) is 22.6 Å². The molecule has 0 unspecified atom stereocenters. The third-order valence-electron chi connectivity index (χ3n) is 3.56. The first kappa shape index (κ1) is 18.8. The lowest BCUT2D eigenvalue weighted by Gasteiger charge is -2.25. The zero-order valence-electron chi connectivity index (χ0n) is 14.1. The number of rotatable bonds is 7. The van der Waals surface area contributed by atoms with Gasteiger partial charge in [0.25, 0.3) is 5.91 Å². The van der Waals surface area contributed by atoms with Gasteiger partial charge in [0.1, 0.15) is 5.75 Å². The predicted octanol–water partition coefficient (Wildman–Crippen LogP) is 4.15. The Bertz CT molecular complexity index is 756. The highest BCUT2D eigenvalue weighted by atomic mass is 35.5. The lowest BCUT2D eigenvalue weighted by atomic mass is 10.1. The molecule has 0 heterocycles. The summed E-state index contributed by atoms with van der Waals surface area (Å²) in [6.45, 7) is 3.34. The van der Waals surface area contributed by atoms with Crippen LogP contribution < -0.4 is 10.1 Å². The van der Waals surface area contributed by atoms with Crippen molar-refractivity contribution in [3.63, 3.8) is 0 Å². The third-order valence-corrected chi connectivity index (χ3v) is 3.79. The van der Waals surface area contributed by atoms with Crippen molar-refractivity contribution in [2.75, 3.05) is 5.32 Å². The molecule has 0 aliphatic heterocycles. The van der Waals surface area contributed by atoms with Crippen LogP contribution in [0.15, 0.2) is 48.5 Å². The molecule has 0 saturated heterocycles. The predicted molar refractivity (Wildman–Crippen MR) is 97.2 cm³/mol. The minimum atomic E-state index is -1.09. The number of carbonyl (C=O) groups is 2. The first-order chi connectivity index (χ1) is 11.8. The number of carboxylic acid groups (broad SMARTS) is 1. The first-order valence-corrected chi connectivity index (χ1v) is 8.21. The molecule has 0 bridgehead atoms. The van der Waals surface area contributed by atoms with Crippen molar-refractivity contribution >= 4 is 29.2 Å². The van der Waals surface area contributed by atoms with Gasteiger partial charge in [0.15, 0.2) is 5.60 Å². The molecule has 0 aliphatic rings. The quantitative estimate of drug-likeness (QED) is 0.776. The number of benzene rings is 2. The Morgan fingerprint density at radius 1 is 1.16 bits per heavy atom. The minimum Gasteiger partial charge on any atom is -0.481 e. The van der Waals surface area contributed by atoms with Gasteiger partial charge in [-0.2, -0.15) is 0 Å². The highest BCUT2D eigenvalue weighted by Gasteiger charge is 2.30. The first-order valence-electron chi connectivity index (χ1n) is 7.83. The molecule has 0 atom stereocenters. The fourth-order valence-corrected chi connectivity index (χ4v) is 2.34. The molecule has 2 rings (SSSR count). The van der Waals surface area contributed by atoms with E-state index in [9.17, 15) is 9.59 Å². The zero-order valence-corrected chi connectivity index (χ0v) is 14.8. The Hall–Kier alpha value is -2.53. The van der Waals surface area contributed by atoms with Crippen molar-refractivity contribution in [2.45, 2.75) is 32.3 Å². The van der Waals surface area contributed by atoms with E-state index in [1.165, 1.54) is 0 Å². The molecule has 25 heavy (non-hydrogen) atoms. The second-order valence-electron chi connectivity index (χ2n) is 6.11. The second kappa shape index (κ2) is 8.03. The zero-order chi connectivity index (χ0) is 18.4. The van der Waals surface area contributed by atoms with E-state index >= 15 is 0 Å². The van der Waals surface area contributed by atoms with E-state index in [2.05, 4.69) is 5.32 Å². The van der Waals surface area contributed by atoms with Gasteiger partial charge in [-0.05, 0) is 56.2 Å². The topological polar surface area (TPSA) is 75.6 Å². The Labute approximate surface area is 151 Å². The fraction of sp³-hybridized carbons (Fsp3) is 0.263. The number of aryl methyl sites for hydroxylation is 1. The van der Waals surface area contributed by atoms with E-state index in [1.807, 2.05) is 0 Å². The summed E-state index contributed by atoms with van der Waals surface area (Å²) >= 11 is 5.93. The highest BCUT2D eigenvalue weighted by molar-refractivity contribution is 6.30. The molecule has 0 aromatic heterocycles. The van der Waals surface area contributed by atoms with Crippen LogP contribution in [0.5, 0.6) is 5.75 Å². The molecule has 5 nitrogen and oxygen atoms in total. The van der Waals surface area contributed by atoms with E-state index in [4.69, 9.17) is 21.4 Å². The average Bonchev–Trinajstić information content (AvgIpc) is 2.53. The minimum absolute atomic E-state index is 0.0756. The standard InChI is InChI=1S/C19H20ClNO4/c1-19(2,25-16-5-3-4-14(20)12-16)18(24)21-15-9-6-13(7-10-15)8-11-17(22)23/h3-7,9-10,12H,8,11H2,1-2H3,(H,21,24)(H,22,23). The molecule has 1 amide bonds. The van der Waals surface area contributed by atoms with Gasteiger partial charge in [-0.1, -0.05) is 29.8 Å². The summed E-state index contributed by atoms with van der Waals surface area (Å²) in [5.74, 6) is -0.625. The van der Waals surface area contributed by atoms with E-state index in [-0.39, 0.29) is 12.3 Å². The molecule has 0 saturated carbocycles. The highest BCUT2D eigenvalue weighted by Crippen LogP contribution is 2.23. The van der Waals surface area contributed by atoms with Crippen LogP contribution in [-0.2, 0) is 16.0 Å². The number of hydrogen-bond acceptors (Lipinski definition) is 3. The summed E-state index contributed by atoms with van der Waals surface area (Å²) in [4.78, 5) is 23.1. The molecule has 0 fully saturated rings. The van der Waals surface area contributed by atoms with Gasteiger partial charge >= 0.3 is 5.97 Å². The van der Waals surface area contributed by atoms with Crippen molar-refractivity contribution < 1.29 is 19.4 Å². The van der Waals surface area contributed by atoms with Crippen LogP contribution in [0, 0.1) is 0 Å². The van der Waals surface area contributed by atoms with Crippen LogP contribution in [0.2, 0.25) is 5.02 Å². The van der Waals surface area contributed by atoms with Crippen molar-refractivity contribution in [2.24, 2.45) is 0 Å². The van der Waals surface area contributed by atoms with E-state index < -0.39 is 11.6 Å². The number of carbonyl (C=O) groups excluding carboxylic acids is 1. The SMILES string of the molecule is CC(C)(Oc1cccc(Cl)c1)C(=O)Nc1ccc(CCC(=O)O)cc1. The summed E-state index contributed by atoms with van der Waals surface area (Å²) in [6.07, 6.45) is 0.527. The lowest BCUT2D eigenvalue weighted by molar-refractivity contribution is -0.137. The van der Waals surface area contributed by atoms with Crippen molar-refractivity contribution in [3.05, 3.63) is 59.1 Å². The number of anilines is 1. The van der Waals surface area contributed by atoms with Crippen LogP contribution in [0.25, 0.3) is 0 Å². The summed E-state index contributed by atoms with van der Waals surface area (Å²) in [5.41, 5.74) is 0.425. The molecule has 6 heteroatoms. The van der Waals surface area contributed by atoms with Crippen LogP contribution >= 0.6 is 11.6 Å². The number of halogens is 1. The molecule has 2 N–H and O–H groups in total. The van der Waals surface area contributed by atoms with Gasteiger partial charge in [-0.25, -0.2) is 0 Å². The van der Waals surface area contributed by atoms with Gasteiger partial charge in [0.2, 0.25) is 0 Å². The normalized spacial score (nSPS) is 11.0. The van der Waals surface area contributed by atoms with Crippen LogP contribution in [0.1, 0.15) is 25.8 Å². The van der Waals surface area contributed by atoms with Crippen molar-refractivity contribution in [1.82, 2.24) is 0 Å². The smallest absolute Gasteiger partial charge is 0.303 e. The second-order valence-corrected chi connectivity index (χ2v) is 6.55. The molecule has 2 aromatic rings. The summed E-state index contributed by atoms with van der Waals surface area (Å²) in [6, 6.07) is 13.9. The Kier molecular flexibility index (Phi) is 6.04. The summed E-state index contributed by atoms with van der Waals surface area (Å²) < 4.78 is 5.74. The fourth-order valence-electron chi connectivity index (χ4n) is 2.16. The van der Waals surface area contributed by atoms with E-state index in [0.29, 0.717) is 22.9 Å². The summed E-state index contributed by atoms with van der Waals surface area (Å²) in [7, 11) is 0. The maximum Gasteiger partial charge on any atom is 0.303 e.